The lowest BCUT2D eigenvalue weighted by molar-refractivity contribution is -0.146. The van der Waals surface area contributed by atoms with E-state index in [2.05, 4.69) is 5.32 Å². The average Bonchev–Trinajstić information content (AvgIpc) is 1.85. The third kappa shape index (κ3) is 0.975. The number of halogens is 1. The summed E-state index contributed by atoms with van der Waals surface area (Å²) in [6, 6.07) is -1.82. The molecule has 0 spiro atoms. The van der Waals surface area contributed by atoms with E-state index in [0.717, 1.165) is 0 Å². The fraction of sp³-hybridized carbons (Fsp3) is 0.800. The second-order valence-electron chi connectivity index (χ2n) is 2.22. The fourth-order valence-electron chi connectivity index (χ4n) is 0.889. The maximum absolute atomic E-state index is 12.5. The Morgan fingerprint density at radius 1 is 1.70 bits per heavy atom. The molecule has 1 heterocycles. The van der Waals surface area contributed by atoms with Gasteiger partial charge in [-0.15, -0.1) is 0 Å². The van der Waals surface area contributed by atoms with E-state index in [1.165, 1.54) is 0 Å². The van der Waals surface area contributed by atoms with Crippen LogP contribution in [0.25, 0.3) is 0 Å². The molecule has 1 rings (SSSR count). The third-order valence-corrected chi connectivity index (χ3v) is 1.56. The van der Waals surface area contributed by atoms with Crippen molar-refractivity contribution in [1.29, 1.82) is 0 Å². The number of carbonyl (C=O) groups is 1. The quantitative estimate of drug-likeness (QED) is 0.458. The van der Waals surface area contributed by atoms with Crippen molar-refractivity contribution in [3.8, 4) is 0 Å². The molecule has 0 radical (unpaired) electrons. The first-order valence-corrected chi connectivity index (χ1v) is 2.90. The SMILES string of the molecule is O=C(O)[C@H]1N[C@@H](CO)[C@@H]1F. The Morgan fingerprint density at radius 3 is 2.60 bits per heavy atom. The Hall–Kier alpha value is -0.680. The number of aliphatic carboxylic acids is 1. The highest BCUT2D eigenvalue weighted by Crippen LogP contribution is 2.16. The van der Waals surface area contributed by atoms with Crippen LogP contribution in [0.3, 0.4) is 0 Å². The second kappa shape index (κ2) is 2.51. The molecule has 4 nitrogen and oxygen atoms in total. The Morgan fingerprint density at radius 2 is 2.30 bits per heavy atom. The average molecular weight is 149 g/mol. The van der Waals surface area contributed by atoms with E-state index in [4.69, 9.17) is 10.2 Å². The van der Waals surface area contributed by atoms with Crippen molar-refractivity contribution in [2.45, 2.75) is 18.3 Å². The first-order valence-electron chi connectivity index (χ1n) is 2.90. The molecule has 1 aliphatic heterocycles. The van der Waals surface area contributed by atoms with Crippen molar-refractivity contribution in [2.24, 2.45) is 0 Å². The Bertz CT molecular complexity index is 152. The Balaban J connectivity index is 2.39. The fourth-order valence-corrected chi connectivity index (χ4v) is 0.889. The maximum Gasteiger partial charge on any atom is 0.323 e. The van der Waals surface area contributed by atoms with Crippen molar-refractivity contribution in [1.82, 2.24) is 5.32 Å². The van der Waals surface area contributed by atoms with Gasteiger partial charge in [-0.1, -0.05) is 0 Å². The lowest BCUT2D eigenvalue weighted by Crippen LogP contribution is -2.68. The van der Waals surface area contributed by atoms with Crippen molar-refractivity contribution >= 4 is 5.97 Å². The van der Waals surface area contributed by atoms with Gasteiger partial charge in [0.25, 0.3) is 0 Å². The molecule has 10 heavy (non-hydrogen) atoms. The second-order valence-corrected chi connectivity index (χ2v) is 2.22. The van der Waals surface area contributed by atoms with Crippen LogP contribution in [-0.4, -0.2) is 41.0 Å². The smallest absolute Gasteiger partial charge is 0.323 e. The van der Waals surface area contributed by atoms with Crippen LogP contribution in [0.15, 0.2) is 0 Å². The summed E-state index contributed by atoms with van der Waals surface area (Å²) < 4.78 is 12.5. The molecule has 58 valence electrons. The number of carboxylic acid groups (broad SMARTS) is 1. The van der Waals surface area contributed by atoms with Crippen LogP contribution >= 0.6 is 0 Å². The first kappa shape index (κ1) is 7.43. The van der Waals surface area contributed by atoms with Gasteiger partial charge in [0.2, 0.25) is 0 Å². The summed E-state index contributed by atoms with van der Waals surface area (Å²) in [4.78, 5) is 10.1. The molecule has 3 atom stereocenters. The number of nitrogens with one attached hydrogen (secondary N) is 1. The van der Waals surface area contributed by atoms with Crippen LogP contribution in [-0.2, 0) is 4.79 Å². The molecule has 0 aromatic rings. The first-order chi connectivity index (χ1) is 4.66. The number of carboxylic acids is 1. The van der Waals surface area contributed by atoms with E-state index in [1.54, 1.807) is 0 Å². The van der Waals surface area contributed by atoms with Crippen LogP contribution in [0.1, 0.15) is 0 Å². The molecule has 0 bridgehead atoms. The van der Waals surface area contributed by atoms with E-state index in [9.17, 15) is 9.18 Å². The normalized spacial score (nSPS) is 38.8. The van der Waals surface area contributed by atoms with Gasteiger partial charge in [-0.25, -0.2) is 4.39 Å². The largest absolute Gasteiger partial charge is 0.480 e. The zero-order valence-electron chi connectivity index (χ0n) is 5.12. The van der Waals surface area contributed by atoms with Gasteiger partial charge in [-0.3, -0.25) is 10.1 Å². The molecule has 1 aliphatic rings. The summed E-state index contributed by atoms with van der Waals surface area (Å²) in [7, 11) is 0. The topological polar surface area (TPSA) is 69.6 Å². The number of aliphatic hydroxyl groups is 1. The molecule has 0 amide bonds. The molecule has 0 aromatic carbocycles. The summed E-state index contributed by atoms with van der Waals surface area (Å²) >= 11 is 0. The standard InChI is InChI=1S/C5H8FNO3/c6-3-2(1-8)7-4(3)5(9)10/h2-4,7-8H,1H2,(H,9,10)/t2-,3-,4-/m0/s1. The highest BCUT2D eigenvalue weighted by Gasteiger charge is 2.44. The van der Waals surface area contributed by atoms with Gasteiger partial charge in [0.05, 0.1) is 12.6 Å². The van der Waals surface area contributed by atoms with Crippen molar-refractivity contribution < 1.29 is 19.4 Å². The lowest BCUT2D eigenvalue weighted by atomic mass is 9.95. The van der Waals surface area contributed by atoms with Crippen LogP contribution in [0.4, 0.5) is 4.39 Å². The molecule has 0 aromatic heterocycles. The molecule has 0 saturated carbocycles. The minimum Gasteiger partial charge on any atom is -0.480 e. The number of aliphatic hydroxyl groups excluding tert-OH is 1. The van der Waals surface area contributed by atoms with E-state index < -0.39 is 24.2 Å². The summed E-state index contributed by atoms with van der Waals surface area (Å²) in [6.07, 6.45) is -1.46. The molecule has 0 unspecified atom stereocenters. The van der Waals surface area contributed by atoms with Gasteiger partial charge in [0.1, 0.15) is 12.2 Å². The van der Waals surface area contributed by atoms with Crippen molar-refractivity contribution in [3.63, 3.8) is 0 Å². The number of rotatable bonds is 2. The Labute approximate surface area is 56.7 Å². The van der Waals surface area contributed by atoms with E-state index in [1.807, 2.05) is 0 Å². The van der Waals surface area contributed by atoms with E-state index in [-0.39, 0.29) is 6.61 Å². The number of hydrogen-bond donors (Lipinski definition) is 3. The minimum absolute atomic E-state index is 0.356. The van der Waals surface area contributed by atoms with Gasteiger partial charge in [-0.2, -0.15) is 0 Å². The monoisotopic (exact) mass is 149 g/mol. The summed E-state index contributed by atoms with van der Waals surface area (Å²) in [5.74, 6) is -1.21. The van der Waals surface area contributed by atoms with Gasteiger partial charge in [0.15, 0.2) is 0 Å². The zero-order valence-corrected chi connectivity index (χ0v) is 5.12. The molecular weight excluding hydrogens is 141 g/mol. The predicted molar refractivity (Wildman–Crippen MR) is 30.3 cm³/mol. The highest BCUT2D eigenvalue weighted by atomic mass is 19.1. The van der Waals surface area contributed by atoms with Crippen LogP contribution < -0.4 is 5.32 Å². The third-order valence-electron chi connectivity index (χ3n) is 1.56. The summed E-state index contributed by atoms with van der Waals surface area (Å²) in [5, 5.41) is 18.9. The van der Waals surface area contributed by atoms with Crippen LogP contribution in [0, 0.1) is 0 Å². The van der Waals surface area contributed by atoms with Crippen molar-refractivity contribution in [2.75, 3.05) is 6.61 Å². The number of alkyl halides is 1. The molecular formula is C5H8FNO3. The molecule has 1 fully saturated rings. The van der Waals surface area contributed by atoms with Crippen LogP contribution in [0.2, 0.25) is 0 Å². The van der Waals surface area contributed by atoms with Gasteiger partial charge >= 0.3 is 5.97 Å². The molecule has 5 heteroatoms. The van der Waals surface area contributed by atoms with E-state index in [0.29, 0.717) is 0 Å². The van der Waals surface area contributed by atoms with Crippen molar-refractivity contribution in [3.05, 3.63) is 0 Å². The van der Waals surface area contributed by atoms with E-state index >= 15 is 0 Å². The minimum atomic E-state index is -1.46. The summed E-state index contributed by atoms with van der Waals surface area (Å²) in [6.45, 7) is -0.356. The lowest BCUT2D eigenvalue weighted by Gasteiger charge is -2.36. The zero-order chi connectivity index (χ0) is 7.72. The summed E-state index contributed by atoms with van der Waals surface area (Å²) in [5.41, 5.74) is 0. The maximum atomic E-state index is 12.5. The molecule has 1 saturated heterocycles. The van der Waals surface area contributed by atoms with Gasteiger partial charge in [0, 0.05) is 0 Å². The molecule has 0 aliphatic carbocycles. The molecule has 3 N–H and O–H groups in total. The van der Waals surface area contributed by atoms with Gasteiger partial charge < -0.3 is 10.2 Å². The highest BCUT2D eigenvalue weighted by molar-refractivity contribution is 5.76. The predicted octanol–water partition coefficient (Wildman–Crippen LogP) is -1.26. The number of hydrogen-bond acceptors (Lipinski definition) is 3. The van der Waals surface area contributed by atoms with Gasteiger partial charge in [-0.05, 0) is 0 Å². The Kier molecular flexibility index (Phi) is 1.87. The van der Waals surface area contributed by atoms with Crippen LogP contribution in [0.5, 0.6) is 0 Å².